The first-order valence-electron chi connectivity index (χ1n) is 21.1. The lowest BCUT2D eigenvalue weighted by Crippen LogP contribution is -2.13. The molecule has 0 amide bonds. The van der Waals surface area contributed by atoms with Gasteiger partial charge in [0.15, 0.2) is 0 Å². The fourth-order valence-electron chi connectivity index (χ4n) is 10.3. The summed E-state index contributed by atoms with van der Waals surface area (Å²) >= 11 is 0. The van der Waals surface area contributed by atoms with Crippen molar-refractivity contribution >= 4 is 49.2 Å². The molecule has 2 heterocycles. The van der Waals surface area contributed by atoms with E-state index in [1.165, 1.54) is 116 Å². The molecule has 2 aliphatic rings. The molecule has 58 heavy (non-hydrogen) atoms. The zero-order valence-electron chi connectivity index (χ0n) is 34.3. The van der Waals surface area contributed by atoms with Crippen LogP contribution in [-0.2, 0) is 0 Å². The summed E-state index contributed by atoms with van der Waals surface area (Å²) in [6.07, 6.45) is 5.86. The highest BCUT2D eigenvalue weighted by Crippen LogP contribution is 2.51. The quantitative estimate of drug-likeness (QED) is 0.170. The van der Waals surface area contributed by atoms with Crippen LogP contribution in [0, 0.1) is 19.8 Å². The Bertz CT molecular complexity index is 3200. The molecule has 0 bridgehead atoms. The predicted molar refractivity (Wildman–Crippen MR) is 248 cm³/mol. The topological polar surface area (TPSA) is 9.86 Å². The van der Waals surface area contributed by atoms with E-state index in [0.29, 0.717) is 17.8 Å². The van der Waals surface area contributed by atoms with E-state index in [1.807, 2.05) is 0 Å². The minimum Gasteiger partial charge on any atom is -0.309 e. The summed E-state index contributed by atoms with van der Waals surface area (Å²) in [5.41, 5.74) is 22.2. The van der Waals surface area contributed by atoms with Crippen molar-refractivity contribution in [1.29, 1.82) is 0 Å². The molecular formula is C56H48N2. The molecule has 0 aliphatic heterocycles. The molecule has 2 aromatic heterocycles. The van der Waals surface area contributed by atoms with Crippen LogP contribution < -0.4 is 0 Å². The van der Waals surface area contributed by atoms with E-state index in [-0.39, 0.29) is 0 Å². The first kappa shape index (κ1) is 34.8. The van der Waals surface area contributed by atoms with Gasteiger partial charge in [0.2, 0.25) is 0 Å². The Morgan fingerprint density at radius 1 is 0.466 bits per heavy atom. The molecule has 0 saturated carbocycles. The molecule has 11 rings (SSSR count). The Morgan fingerprint density at radius 2 is 0.983 bits per heavy atom. The Hall–Kier alpha value is -6.38. The summed E-state index contributed by atoms with van der Waals surface area (Å²) in [7, 11) is 0. The second-order valence-electron chi connectivity index (χ2n) is 17.3. The van der Waals surface area contributed by atoms with Crippen LogP contribution in [-0.4, -0.2) is 9.13 Å². The smallest absolute Gasteiger partial charge is 0.0547 e. The van der Waals surface area contributed by atoms with Gasteiger partial charge >= 0.3 is 0 Å². The van der Waals surface area contributed by atoms with Crippen LogP contribution in [0.4, 0.5) is 0 Å². The van der Waals surface area contributed by atoms with Crippen LogP contribution in [0.15, 0.2) is 157 Å². The van der Waals surface area contributed by atoms with E-state index in [0.717, 1.165) is 6.42 Å². The lowest BCUT2D eigenvalue weighted by Gasteiger charge is -2.32. The lowest BCUT2D eigenvalue weighted by atomic mass is 9.72. The molecule has 3 atom stereocenters. The summed E-state index contributed by atoms with van der Waals surface area (Å²) in [6, 6.07) is 53.1. The number of nitrogens with zero attached hydrogens (tertiary/aromatic N) is 2. The van der Waals surface area contributed by atoms with Gasteiger partial charge in [-0.2, -0.15) is 0 Å². The largest absolute Gasteiger partial charge is 0.309 e. The average Bonchev–Trinajstić information content (AvgIpc) is 3.75. The van der Waals surface area contributed by atoms with E-state index in [9.17, 15) is 0 Å². The zero-order chi connectivity index (χ0) is 39.4. The van der Waals surface area contributed by atoms with Crippen molar-refractivity contribution in [2.45, 2.75) is 59.8 Å². The third-order valence-electron chi connectivity index (χ3n) is 13.7. The monoisotopic (exact) mass is 748 g/mol. The molecule has 0 spiro atoms. The van der Waals surface area contributed by atoms with Gasteiger partial charge in [-0.25, -0.2) is 0 Å². The SMILES string of the molecule is CC1=CCC(C)C(c2ccc3c(c2)c2cc4c(cc2n3-c2ccccc2)-c2cc3c(cc2C(C)C4C)c2cc(-c4cc(C)ccc4C)ccc2n3-c2ccccc2)=C1. The van der Waals surface area contributed by atoms with Crippen LogP contribution >= 0.6 is 0 Å². The number of rotatable bonds is 4. The van der Waals surface area contributed by atoms with Crippen molar-refractivity contribution in [3.8, 4) is 33.6 Å². The van der Waals surface area contributed by atoms with Gasteiger partial charge < -0.3 is 9.13 Å². The summed E-state index contributed by atoms with van der Waals surface area (Å²) in [4.78, 5) is 0. The van der Waals surface area contributed by atoms with Gasteiger partial charge in [0.05, 0.1) is 22.1 Å². The molecule has 282 valence electrons. The van der Waals surface area contributed by atoms with Crippen LogP contribution in [0.3, 0.4) is 0 Å². The number of fused-ring (bicyclic) bond motifs is 9. The maximum absolute atomic E-state index is 2.55. The van der Waals surface area contributed by atoms with Crippen molar-refractivity contribution in [3.05, 3.63) is 185 Å². The molecule has 3 unspecified atom stereocenters. The first-order chi connectivity index (χ1) is 28.2. The molecule has 0 fully saturated rings. The third kappa shape index (κ3) is 5.24. The van der Waals surface area contributed by atoms with Crippen molar-refractivity contribution in [2.24, 2.45) is 5.92 Å². The minimum atomic E-state index is 0.350. The molecule has 2 aliphatic carbocycles. The van der Waals surface area contributed by atoms with Crippen molar-refractivity contribution in [3.63, 3.8) is 0 Å². The van der Waals surface area contributed by atoms with Gasteiger partial charge in [-0.3, -0.25) is 0 Å². The van der Waals surface area contributed by atoms with E-state index < -0.39 is 0 Å². The standard InChI is InChI=1S/C56H48N2/c1-33-17-19-35(3)43(25-33)39-21-23-53-49(27-39)51-29-45-37(5)38(6)46-30-52-50-28-40(44-26-34(2)18-20-36(44)4)22-24-54(50)58(42-15-11-8-12-16-42)56(52)32-48(46)47(45)31-55(51)57(53)41-13-9-7-10-14-41/h7-19,21-32,36-38H,20H2,1-6H3. The maximum atomic E-state index is 2.55. The molecule has 2 nitrogen and oxygen atoms in total. The van der Waals surface area contributed by atoms with Crippen LogP contribution in [0.1, 0.15) is 73.8 Å². The van der Waals surface area contributed by atoms with Gasteiger partial charge in [-0.05, 0) is 168 Å². The van der Waals surface area contributed by atoms with Gasteiger partial charge in [0.25, 0.3) is 0 Å². The van der Waals surface area contributed by atoms with Crippen LogP contribution in [0.5, 0.6) is 0 Å². The highest BCUT2D eigenvalue weighted by atomic mass is 15.0. The third-order valence-corrected chi connectivity index (χ3v) is 13.7. The normalized spacial score (nSPS) is 17.8. The van der Waals surface area contributed by atoms with Crippen LogP contribution in [0.2, 0.25) is 0 Å². The Kier molecular flexibility index (Phi) is 7.86. The highest BCUT2D eigenvalue weighted by Gasteiger charge is 2.31. The number of para-hydroxylation sites is 2. The van der Waals surface area contributed by atoms with Gasteiger partial charge in [-0.1, -0.05) is 111 Å². The zero-order valence-corrected chi connectivity index (χ0v) is 34.3. The summed E-state index contributed by atoms with van der Waals surface area (Å²) in [5, 5.41) is 5.27. The molecule has 0 N–H and O–H groups in total. The predicted octanol–water partition coefficient (Wildman–Crippen LogP) is 15.4. The van der Waals surface area contributed by atoms with Gasteiger partial charge in [0.1, 0.15) is 0 Å². The molecule has 2 heteroatoms. The fraction of sp³-hybridized carbons (Fsp3) is 0.179. The second-order valence-corrected chi connectivity index (χ2v) is 17.3. The molecular weight excluding hydrogens is 701 g/mol. The number of allylic oxidation sites excluding steroid dienone is 4. The molecule has 0 radical (unpaired) electrons. The van der Waals surface area contributed by atoms with E-state index in [4.69, 9.17) is 0 Å². The summed E-state index contributed by atoms with van der Waals surface area (Å²) < 4.78 is 4.98. The number of benzene rings is 7. The van der Waals surface area contributed by atoms with E-state index in [1.54, 1.807) is 0 Å². The summed E-state index contributed by atoms with van der Waals surface area (Å²) in [5.74, 6) is 1.20. The minimum absolute atomic E-state index is 0.350. The maximum Gasteiger partial charge on any atom is 0.0547 e. The average molecular weight is 749 g/mol. The fourth-order valence-corrected chi connectivity index (χ4v) is 10.3. The number of aromatic nitrogens is 2. The highest BCUT2D eigenvalue weighted by molar-refractivity contribution is 6.14. The van der Waals surface area contributed by atoms with Crippen molar-refractivity contribution in [1.82, 2.24) is 9.13 Å². The van der Waals surface area contributed by atoms with E-state index in [2.05, 4.69) is 202 Å². The molecule has 0 saturated heterocycles. The number of hydrogen-bond donors (Lipinski definition) is 0. The van der Waals surface area contributed by atoms with Gasteiger partial charge in [0, 0.05) is 32.9 Å². The molecule has 9 aromatic rings. The van der Waals surface area contributed by atoms with Crippen molar-refractivity contribution in [2.75, 3.05) is 0 Å². The Morgan fingerprint density at radius 3 is 1.55 bits per heavy atom. The first-order valence-corrected chi connectivity index (χ1v) is 21.1. The van der Waals surface area contributed by atoms with E-state index >= 15 is 0 Å². The number of aryl methyl sites for hydroxylation is 2. The van der Waals surface area contributed by atoms with Crippen LogP contribution in [0.25, 0.3) is 82.8 Å². The Labute approximate surface area is 341 Å². The summed E-state index contributed by atoms with van der Waals surface area (Å²) in [6.45, 7) is 13.9. The number of hydrogen-bond acceptors (Lipinski definition) is 0. The van der Waals surface area contributed by atoms with Crippen molar-refractivity contribution < 1.29 is 0 Å². The lowest BCUT2D eigenvalue weighted by molar-refractivity contribution is 0.617. The van der Waals surface area contributed by atoms with Gasteiger partial charge in [-0.15, -0.1) is 0 Å². The Balaban J connectivity index is 1.19. The molecule has 7 aromatic carbocycles. The second kappa shape index (κ2) is 13.1.